The van der Waals surface area contributed by atoms with Crippen molar-refractivity contribution in [2.75, 3.05) is 11.9 Å². The van der Waals surface area contributed by atoms with Gasteiger partial charge < -0.3 is 10.1 Å². The van der Waals surface area contributed by atoms with Crippen molar-refractivity contribution in [1.29, 1.82) is 0 Å². The van der Waals surface area contributed by atoms with Crippen molar-refractivity contribution in [1.82, 2.24) is 15.0 Å². The zero-order valence-corrected chi connectivity index (χ0v) is 12.8. The van der Waals surface area contributed by atoms with Crippen molar-refractivity contribution in [3.63, 3.8) is 0 Å². The second-order valence-corrected chi connectivity index (χ2v) is 4.84. The van der Waals surface area contributed by atoms with Crippen molar-refractivity contribution in [2.24, 2.45) is 0 Å². The van der Waals surface area contributed by atoms with E-state index in [1.807, 2.05) is 26.0 Å². The van der Waals surface area contributed by atoms with Gasteiger partial charge in [-0.15, -0.1) is 5.10 Å². The minimum absolute atomic E-state index is 0.0900. The van der Waals surface area contributed by atoms with Crippen LogP contribution in [-0.2, 0) is 16.1 Å². The Kier molecular flexibility index (Phi) is 4.88. The highest BCUT2D eigenvalue weighted by atomic mass is 16.5. The van der Waals surface area contributed by atoms with Gasteiger partial charge in [-0.25, -0.2) is 4.79 Å². The lowest BCUT2D eigenvalue weighted by Gasteiger charge is -2.06. The Labute approximate surface area is 128 Å². The molecule has 0 aliphatic heterocycles. The number of hydrogen-bond donors (Lipinski definition) is 1. The predicted molar refractivity (Wildman–Crippen MR) is 80.5 cm³/mol. The third-order valence-corrected chi connectivity index (χ3v) is 2.98. The van der Waals surface area contributed by atoms with Crippen LogP contribution in [0.1, 0.15) is 28.4 Å². The maximum absolute atomic E-state index is 12.2. The van der Waals surface area contributed by atoms with Gasteiger partial charge in [0.25, 0.3) is 5.91 Å². The van der Waals surface area contributed by atoms with E-state index in [-0.39, 0.29) is 18.3 Å². The average Bonchev–Trinajstić information content (AvgIpc) is 2.85. The monoisotopic (exact) mass is 302 g/mol. The van der Waals surface area contributed by atoms with Crippen LogP contribution in [0.4, 0.5) is 5.82 Å². The van der Waals surface area contributed by atoms with Gasteiger partial charge in [-0.2, -0.15) is 9.90 Å². The molecule has 22 heavy (non-hydrogen) atoms. The molecule has 0 saturated heterocycles. The largest absolute Gasteiger partial charge is 0.465 e. The lowest BCUT2D eigenvalue weighted by molar-refractivity contribution is -0.144. The van der Waals surface area contributed by atoms with Gasteiger partial charge in [0.2, 0.25) is 0 Å². The molecule has 7 heteroatoms. The number of amides is 1. The molecule has 0 aliphatic rings. The summed E-state index contributed by atoms with van der Waals surface area (Å²) >= 11 is 0. The van der Waals surface area contributed by atoms with Gasteiger partial charge in [0.05, 0.1) is 12.8 Å². The molecule has 0 saturated carbocycles. The number of aryl methyl sites for hydroxylation is 2. The molecule has 1 N–H and O–H groups in total. The summed E-state index contributed by atoms with van der Waals surface area (Å²) in [4.78, 5) is 24.7. The van der Waals surface area contributed by atoms with Crippen LogP contribution in [0, 0.1) is 13.8 Å². The summed E-state index contributed by atoms with van der Waals surface area (Å²) in [6.07, 6.45) is 1.39. The second-order valence-electron chi connectivity index (χ2n) is 4.84. The summed E-state index contributed by atoms with van der Waals surface area (Å²) in [5.41, 5.74) is 2.55. The number of nitrogens with one attached hydrogen (secondary N) is 1. The third-order valence-electron chi connectivity index (χ3n) is 2.98. The number of benzene rings is 1. The Morgan fingerprint density at radius 1 is 1.32 bits per heavy atom. The van der Waals surface area contributed by atoms with Crippen molar-refractivity contribution in [3.8, 4) is 0 Å². The predicted octanol–water partition coefficient (Wildman–Crippen LogP) is 1.71. The number of aromatic nitrogens is 3. The number of rotatable bonds is 5. The first-order chi connectivity index (χ1) is 10.5. The lowest BCUT2D eigenvalue weighted by atomic mass is 10.1. The van der Waals surface area contributed by atoms with Crippen molar-refractivity contribution in [2.45, 2.75) is 27.3 Å². The number of nitrogens with zero attached hydrogens (tertiary/aromatic N) is 3. The molecule has 0 bridgehead atoms. The highest BCUT2D eigenvalue weighted by molar-refractivity contribution is 6.04. The lowest BCUT2D eigenvalue weighted by Crippen LogP contribution is -2.17. The Morgan fingerprint density at radius 3 is 2.77 bits per heavy atom. The van der Waals surface area contributed by atoms with Crippen molar-refractivity contribution < 1.29 is 14.3 Å². The minimum atomic E-state index is -0.426. The van der Waals surface area contributed by atoms with Crippen LogP contribution in [0.2, 0.25) is 0 Å². The topological polar surface area (TPSA) is 86.1 Å². The first kappa shape index (κ1) is 15.7. The number of carbonyl (C=O) groups is 2. The van der Waals surface area contributed by atoms with E-state index in [9.17, 15) is 9.59 Å². The molecule has 116 valence electrons. The Hall–Kier alpha value is -2.70. The van der Waals surface area contributed by atoms with Gasteiger partial charge in [0.1, 0.15) is 0 Å². The van der Waals surface area contributed by atoms with Gasteiger partial charge in [-0.3, -0.25) is 4.79 Å². The summed E-state index contributed by atoms with van der Waals surface area (Å²) in [6.45, 7) is 5.78. The molecule has 0 unspecified atom stereocenters. The number of esters is 1. The van der Waals surface area contributed by atoms with E-state index in [2.05, 4.69) is 15.5 Å². The highest BCUT2D eigenvalue weighted by Gasteiger charge is 2.12. The number of anilines is 1. The van der Waals surface area contributed by atoms with Gasteiger partial charge in [-0.1, -0.05) is 17.7 Å². The maximum Gasteiger partial charge on any atom is 0.329 e. The van der Waals surface area contributed by atoms with E-state index in [1.54, 1.807) is 13.0 Å². The molecule has 0 fully saturated rings. The Balaban J connectivity index is 2.03. The second kappa shape index (κ2) is 6.84. The number of ether oxygens (including phenoxy) is 1. The maximum atomic E-state index is 12.2. The van der Waals surface area contributed by atoms with Gasteiger partial charge in [-0.05, 0) is 32.4 Å². The van der Waals surface area contributed by atoms with E-state index in [0.29, 0.717) is 12.2 Å². The normalized spacial score (nSPS) is 10.3. The van der Waals surface area contributed by atoms with E-state index >= 15 is 0 Å². The fraction of sp³-hybridized carbons (Fsp3) is 0.333. The Bertz CT molecular complexity index is 694. The fourth-order valence-corrected chi connectivity index (χ4v) is 2.00. The summed E-state index contributed by atoms with van der Waals surface area (Å²) < 4.78 is 4.81. The van der Waals surface area contributed by atoms with Crippen LogP contribution < -0.4 is 5.32 Å². The average molecular weight is 302 g/mol. The summed E-state index contributed by atoms with van der Waals surface area (Å²) in [5.74, 6) is -0.402. The zero-order chi connectivity index (χ0) is 16.1. The molecule has 0 atom stereocenters. The molecule has 1 aromatic heterocycles. The molecule has 0 spiro atoms. The molecular formula is C15H18N4O3. The molecule has 7 nitrogen and oxygen atoms in total. The summed E-state index contributed by atoms with van der Waals surface area (Å²) in [5, 5.41) is 10.6. The zero-order valence-electron chi connectivity index (χ0n) is 12.8. The van der Waals surface area contributed by atoms with Gasteiger partial charge in [0.15, 0.2) is 12.4 Å². The fourth-order valence-electron chi connectivity index (χ4n) is 2.00. The molecular weight excluding hydrogens is 284 g/mol. The first-order valence-electron chi connectivity index (χ1n) is 6.94. The summed E-state index contributed by atoms with van der Waals surface area (Å²) in [6, 6.07) is 5.58. The van der Waals surface area contributed by atoms with Crippen LogP contribution >= 0.6 is 0 Å². The minimum Gasteiger partial charge on any atom is -0.465 e. The van der Waals surface area contributed by atoms with E-state index in [4.69, 9.17) is 4.74 Å². The van der Waals surface area contributed by atoms with E-state index < -0.39 is 5.97 Å². The van der Waals surface area contributed by atoms with Crippen LogP contribution in [0.5, 0.6) is 0 Å². The van der Waals surface area contributed by atoms with Crippen molar-refractivity contribution >= 4 is 17.7 Å². The quantitative estimate of drug-likeness (QED) is 0.850. The summed E-state index contributed by atoms with van der Waals surface area (Å²) in [7, 11) is 0. The van der Waals surface area contributed by atoms with Crippen LogP contribution in [0.15, 0.2) is 24.4 Å². The number of hydrogen-bond acceptors (Lipinski definition) is 5. The highest BCUT2D eigenvalue weighted by Crippen LogP contribution is 2.12. The molecule has 2 rings (SSSR count). The van der Waals surface area contributed by atoms with Crippen LogP contribution in [0.3, 0.4) is 0 Å². The molecule has 1 heterocycles. The molecule has 2 aromatic rings. The molecule has 0 radical (unpaired) electrons. The van der Waals surface area contributed by atoms with Crippen LogP contribution in [0.25, 0.3) is 0 Å². The van der Waals surface area contributed by atoms with Crippen molar-refractivity contribution in [3.05, 3.63) is 41.1 Å². The molecule has 0 aliphatic carbocycles. The molecule has 1 aromatic carbocycles. The van der Waals surface area contributed by atoms with E-state index in [0.717, 1.165) is 11.1 Å². The van der Waals surface area contributed by atoms with Crippen LogP contribution in [-0.4, -0.2) is 33.5 Å². The Morgan fingerprint density at radius 2 is 2.09 bits per heavy atom. The number of carbonyl (C=O) groups excluding carboxylic acids is 2. The molecule has 1 amide bonds. The standard InChI is InChI=1S/C15H18N4O3/c1-4-22-14(20)9-19-16-8-13(18-19)17-15(21)12-6-5-10(2)7-11(12)3/h5-8H,4,9H2,1-3H3,(H,17,18,21). The first-order valence-corrected chi connectivity index (χ1v) is 6.94. The smallest absolute Gasteiger partial charge is 0.329 e. The third kappa shape index (κ3) is 3.91. The van der Waals surface area contributed by atoms with Gasteiger partial charge in [0, 0.05) is 5.56 Å². The van der Waals surface area contributed by atoms with Gasteiger partial charge >= 0.3 is 5.97 Å². The SMILES string of the molecule is CCOC(=O)Cn1ncc(NC(=O)c2ccc(C)cc2C)n1. The van der Waals surface area contributed by atoms with E-state index in [1.165, 1.54) is 11.0 Å².